The maximum atomic E-state index is 12.5. The molecule has 0 rings (SSSR count). The SMILES string of the molecule is OCCC(F)(F)OC(F)(F)OC(F)(F)CCO. The fourth-order valence-corrected chi connectivity index (χ4v) is 0.731. The third-order valence-corrected chi connectivity index (χ3v) is 1.34. The van der Waals surface area contributed by atoms with E-state index in [4.69, 9.17) is 10.2 Å². The summed E-state index contributed by atoms with van der Waals surface area (Å²) in [6.07, 6.45) is -17.3. The summed E-state index contributed by atoms with van der Waals surface area (Å²) in [6, 6.07) is 0. The number of ether oxygens (including phenoxy) is 2. The van der Waals surface area contributed by atoms with Crippen LogP contribution in [0.25, 0.3) is 0 Å². The molecule has 17 heavy (non-hydrogen) atoms. The van der Waals surface area contributed by atoms with Crippen molar-refractivity contribution in [2.45, 2.75) is 31.4 Å². The smallest absolute Gasteiger partial charge is 0.396 e. The number of hydrogen-bond acceptors (Lipinski definition) is 4. The Morgan fingerprint density at radius 2 is 1.00 bits per heavy atom. The monoisotopic (exact) mass is 272 g/mol. The number of alkyl halides is 6. The molecule has 4 nitrogen and oxygen atoms in total. The summed E-state index contributed by atoms with van der Waals surface area (Å²) in [4.78, 5) is 0. The molecule has 0 aromatic carbocycles. The van der Waals surface area contributed by atoms with Gasteiger partial charge in [-0.2, -0.15) is 17.6 Å². The molecule has 0 atom stereocenters. The normalized spacial score (nSPS) is 14.1. The zero-order chi connectivity index (χ0) is 13.7. The van der Waals surface area contributed by atoms with Crippen LogP contribution >= 0.6 is 0 Å². The zero-order valence-electron chi connectivity index (χ0n) is 8.31. The van der Waals surface area contributed by atoms with Crippen LogP contribution < -0.4 is 0 Å². The Morgan fingerprint density at radius 1 is 0.706 bits per heavy atom. The van der Waals surface area contributed by atoms with Gasteiger partial charge in [-0.05, 0) is 0 Å². The van der Waals surface area contributed by atoms with Crippen LogP contribution in [0, 0.1) is 0 Å². The number of hydrogen-bond donors (Lipinski definition) is 2. The van der Waals surface area contributed by atoms with Crippen molar-refractivity contribution < 1.29 is 46.0 Å². The molecule has 0 aliphatic heterocycles. The van der Waals surface area contributed by atoms with Gasteiger partial charge < -0.3 is 10.2 Å². The summed E-state index contributed by atoms with van der Waals surface area (Å²) in [5.41, 5.74) is 0. The van der Waals surface area contributed by atoms with Gasteiger partial charge in [0.1, 0.15) is 0 Å². The topological polar surface area (TPSA) is 58.9 Å². The number of halogens is 6. The number of aliphatic hydroxyl groups excluding tert-OH is 2. The van der Waals surface area contributed by atoms with Crippen molar-refractivity contribution in [3.63, 3.8) is 0 Å². The second-order valence-corrected chi connectivity index (χ2v) is 2.89. The minimum Gasteiger partial charge on any atom is -0.396 e. The Hall–Kier alpha value is -0.580. The summed E-state index contributed by atoms with van der Waals surface area (Å²) in [5.74, 6) is 0. The lowest BCUT2D eigenvalue weighted by Crippen LogP contribution is -2.41. The fourth-order valence-electron chi connectivity index (χ4n) is 0.731. The summed E-state index contributed by atoms with van der Waals surface area (Å²) in [6.45, 7) is -2.37. The minimum atomic E-state index is -5.25. The van der Waals surface area contributed by atoms with E-state index in [2.05, 4.69) is 9.47 Å². The maximum absolute atomic E-state index is 12.5. The third-order valence-electron chi connectivity index (χ3n) is 1.34. The molecule has 0 saturated heterocycles. The molecule has 0 spiro atoms. The van der Waals surface area contributed by atoms with Gasteiger partial charge in [0.2, 0.25) is 0 Å². The molecule has 0 aliphatic rings. The lowest BCUT2D eigenvalue weighted by Gasteiger charge is -2.25. The van der Waals surface area contributed by atoms with Gasteiger partial charge in [0, 0.05) is 0 Å². The van der Waals surface area contributed by atoms with Crippen molar-refractivity contribution in [2.24, 2.45) is 0 Å². The predicted octanol–water partition coefficient (Wildman–Crippen LogP) is 1.52. The van der Waals surface area contributed by atoms with E-state index in [0.717, 1.165) is 0 Å². The third kappa shape index (κ3) is 7.36. The van der Waals surface area contributed by atoms with Gasteiger partial charge in [-0.15, -0.1) is 8.78 Å². The highest BCUT2D eigenvalue weighted by Gasteiger charge is 2.51. The van der Waals surface area contributed by atoms with Gasteiger partial charge in [-0.1, -0.05) is 0 Å². The Bertz CT molecular complexity index is 212. The fraction of sp³-hybridized carbons (Fsp3) is 1.00. The van der Waals surface area contributed by atoms with Crippen molar-refractivity contribution in [2.75, 3.05) is 13.2 Å². The van der Waals surface area contributed by atoms with Crippen LogP contribution in [-0.2, 0) is 9.47 Å². The predicted molar refractivity (Wildman–Crippen MR) is 40.4 cm³/mol. The van der Waals surface area contributed by atoms with Crippen molar-refractivity contribution in [1.29, 1.82) is 0 Å². The quantitative estimate of drug-likeness (QED) is 0.519. The highest BCUT2D eigenvalue weighted by Crippen LogP contribution is 2.35. The van der Waals surface area contributed by atoms with E-state index >= 15 is 0 Å². The molecule has 0 radical (unpaired) electrons. The molecule has 0 amide bonds. The number of aliphatic hydroxyl groups is 2. The van der Waals surface area contributed by atoms with E-state index in [9.17, 15) is 26.3 Å². The second-order valence-electron chi connectivity index (χ2n) is 2.89. The Morgan fingerprint density at radius 3 is 1.24 bits per heavy atom. The Kier molecular flexibility index (Phi) is 5.65. The standard InChI is InChI=1S/C7H10F6O4/c8-5(9,1-3-14)16-7(12,13)17-6(10,11)2-4-15/h14-15H,1-4H2. The van der Waals surface area contributed by atoms with E-state index in [1.54, 1.807) is 0 Å². The van der Waals surface area contributed by atoms with Crippen LogP contribution in [0.3, 0.4) is 0 Å². The van der Waals surface area contributed by atoms with Gasteiger partial charge in [-0.3, -0.25) is 0 Å². The lowest BCUT2D eigenvalue weighted by atomic mass is 10.4. The summed E-state index contributed by atoms with van der Waals surface area (Å²) >= 11 is 0. The molecule has 0 saturated carbocycles. The first-order chi connectivity index (χ1) is 7.54. The largest absolute Gasteiger partial charge is 0.494 e. The molecular weight excluding hydrogens is 262 g/mol. The average molecular weight is 272 g/mol. The van der Waals surface area contributed by atoms with Gasteiger partial charge >= 0.3 is 18.5 Å². The molecule has 104 valence electrons. The molecule has 0 aromatic heterocycles. The molecule has 0 unspecified atom stereocenters. The summed E-state index contributed by atoms with van der Waals surface area (Å²) in [7, 11) is 0. The average Bonchev–Trinajstić information content (AvgIpc) is 1.96. The van der Waals surface area contributed by atoms with Gasteiger partial charge in [0.15, 0.2) is 0 Å². The number of rotatable bonds is 8. The van der Waals surface area contributed by atoms with Crippen molar-refractivity contribution >= 4 is 0 Å². The lowest BCUT2D eigenvalue weighted by molar-refractivity contribution is -0.514. The van der Waals surface area contributed by atoms with Crippen LogP contribution in [0.5, 0.6) is 0 Å². The Labute approximate surface area is 91.7 Å². The zero-order valence-corrected chi connectivity index (χ0v) is 8.31. The first-order valence-electron chi connectivity index (χ1n) is 4.29. The summed E-state index contributed by atoms with van der Waals surface area (Å²) in [5, 5.41) is 16.2. The van der Waals surface area contributed by atoms with Crippen LogP contribution in [-0.4, -0.2) is 41.9 Å². The second kappa shape index (κ2) is 5.85. The van der Waals surface area contributed by atoms with Gasteiger partial charge in [0.25, 0.3) is 0 Å². The molecule has 0 aromatic rings. The first kappa shape index (κ1) is 16.4. The van der Waals surface area contributed by atoms with Crippen molar-refractivity contribution in [3.05, 3.63) is 0 Å². The van der Waals surface area contributed by atoms with Crippen molar-refractivity contribution in [1.82, 2.24) is 0 Å². The molecule has 10 heteroatoms. The van der Waals surface area contributed by atoms with Crippen LogP contribution in [0.4, 0.5) is 26.3 Å². The van der Waals surface area contributed by atoms with Crippen molar-refractivity contribution in [3.8, 4) is 0 Å². The van der Waals surface area contributed by atoms with Crippen LogP contribution in [0.1, 0.15) is 12.8 Å². The van der Waals surface area contributed by atoms with Gasteiger partial charge in [-0.25, -0.2) is 9.47 Å². The molecule has 0 fully saturated rings. The summed E-state index contributed by atoms with van der Waals surface area (Å²) < 4.78 is 80.2. The van der Waals surface area contributed by atoms with Gasteiger partial charge in [0.05, 0.1) is 26.1 Å². The van der Waals surface area contributed by atoms with E-state index < -0.39 is 44.6 Å². The van der Waals surface area contributed by atoms with E-state index in [1.165, 1.54) is 0 Å². The van der Waals surface area contributed by atoms with Crippen LogP contribution in [0.2, 0.25) is 0 Å². The molecule has 2 N–H and O–H groups in total. The molecule has 0 bridgehead atoms. The van der Waals surface area contributed by atoms with Crippen LogP contribution in [0.15, 0.2) is 0 Å². The minimum absolute atomic E-state index is 1.18. The van der Waals surface area contributed by atoms with E-state index in [-0.39, 0.29) is 0 Å². The molecular formula is C7H10F6O4. The molecule has 0 aliphatic carbocycles. The highest BCUT2D eigenvalue weighted by atomic mass is 19.3. The maximum Gasteiger partial charge on any atom is 0.494 e. The highest BCUT2D eigenvalue weighted by molar-refractivity contribution is 4.57. The van der Waals surface area contributed by atoms with E-state index in [0.29, 0.717) is 0 Å². The first-order valence-corrected chi connectivity index (χ1v) is 4.29. The molecule has 0 heterocycles. The Balaban J connectivity index is 4.47. The van der Waals surface area contributed by atoms with E-state index in [1.807, 2.05) is 0 Å².